The molecule has 15 heavy (non-hydrogen) atoms. The van der Waals surface area contributed by atoms with E-state index in [-0.39, 0.29) is 10.2 Å². The summed E-state index contributed by atoms with van der Waals surface area (Å²) in [7, 11) is -3.70. The Hall–Kier alpha value is -0.720. The third-order valence-corrected chi connectivity index (χ3v) is 3.40. The zero-order valence-corrected chi connectivity index (χ0v) is 10.2. The first-order valence-corrected chi connectivity index (χ1v) is 6.09. The number of hydrogen-bond acceptors (Lipinski definition) is 4. The molecule has 0 radical (unpaired) electrons. The zero-order valence-electron chi connectivity index (χ0n) is 8.65. The molecule has 1 aromatic heterocycles. The van der Waals surface area contributed by atoms with Crippen molar-refractivity contribution >= 4 is 21.6 Å². The number of aromatic nitrogens is 2. The van der Waals surface area contributed by atoms with Crippen molar-refractivity contribution < 1.29 is 8.42 Å². The summed E-state index contributed by atoms with van der Waals surface area (Å²) in [5, 5.41) is -0.379. The number of nitrogens with one attached hydrogen (secondary N) is 1. The number of sulfonamides is 1. The fraction of sp³-hybridized carbons (Fsp3) is 0.500. The SMILES string of the molecule is CC(C)(C)NS(=O)(=O)c1nccnc1Cl. The Labute approximate surface area is 93.9 Å². The lowest BCUT2D eigenvalue weighted by Crippen LogP contribution is -2.40. The van der Waals surface area contributed by atoms with Gasteiger partial charge in [0.15, 0.2) is 5.15 Å². The lowest BCUT2D eigenvalue weighted by atomic mass is 10.1. The van der Waals surface area contributed by atoms with Crippen LogP contribution in [0.1, 0.15) is 20.8 Å². The molecule has 0 unspecified atom stereocenters. The van der Waals surface area contributed by atoms with Crippen LogP contribution in [0.2, 0.25) is 5.15 Å². The maximum absolute atomic E-state index is 11.8. The molecule has 84 valence electrons. The second-order valence-electron chi connectivity index (χ2n) is 4.01. The normalized spacial score (nSPS) is 12.8. The van der Waals surface area contributed by atoms with Crippen LogP contribution in [0.3, 0.4) is 0 Å². The number of rotatable bonds is 2. The van der Waals surface area contributed by atoms with Crippen LogP contribution in [0.15, 0.2) is 17.4 Å². The fourth-order valence-corrected chi connectivity index (χ4v) is 2.73. The van der Waals surface area contributed by atoms with Crippen molar-refractivity contribution in [3.05, 3.63) is 17.5 Å². The molecule has 0 aliphatic rings. The van der Waals surface area contributed by atoms with Crippen molar-refractivity contribution in [3.63, 3.8) is 0 Å². The minimum Gasteiger partial charge on any atom is -0.240 e. The van der Waals surface area contributed by atoms with Gasteiger partial charge in [0.25, 0.3) is 10.0 Å². The van der Waals surface area contributed by atoms with Gasteiger partial charge in [0.05, 0.1) is 0 Å². The summed E-state index contributed by atoms with van der Waals surface area (Å²) in [5.74, 6) is 0. The van der Waals surface area contributed by atoms with Gasteiger partial charge in [0.1, 0.15) is 0 Å². The van der Waals surface area contributed by atoms with E-state index in [4.69, 9.17) is 11.6 Å². The van der Waals surface area contributed by atoms with Gasteiger partial charge in [-0.05, 0) is 20.8 Å². The van der Waals surface area contributed by atoms with Crippen LogP contribution >= 0.6 is 11.6 Å². The van der Waals surface area contributed by atoms with Crippen LogP contribution in [0.4, 0.5) is 0 Å². The summed E-state index contributed by atoms with van der Waals surface area (Å²) >= 11 is 5.64. The van der Waals surface area contributed by atoms with E-state index in [1.165, 1.54) is 12.4 Å². The highest BCUT2D eigenvalue weighted by molar-refractivity contribution is 7.89. The Bertz CT molecular complexity index is 453. The van der Waals surface area contributed by atoms with Crippen LogP contribution in [0.5, 0.6) is 0 Å². The molecule has 0 saturated carbocycles. The van der Waals surface area contributed by atoms with E-state index < -0.39 is 15.6 Å². The summed E-state index contributed by atoms with van der Waals surface area (Å²) in [6.07, 6.45) is 2.61. The number of nitrogens with zero attached hydrogens (tertiary/aromatic N) is 2. The van der Waals surface area contributed by atoms with Gasteiger partial charge in [-0.1, -0.05) is 11.6 Å². The van der Waals surface area contributed by atoms with Gasteiger partial charge in [0, 0.05) is 17.9 Å². The molecule has 1 heterocycles. The molecule has 1 rings (SSSR count). The van der Waals surface area contributed by atoms with Gasteiger partial charge < -0.3 is 0 Å². The molecule has 1 aromatic rings. The molecule has 0 saturated heterocycles. The molecular weight excluding hydrogens is 238 g/mol. The molecule has 0 atom stereocenters. The highest BCUT2D eigenvalue weighted by Crippen LogP contribution is 2.16. The lowest BCUT2D eigenvalue weighted by molar-refractivity contribution is 0.489. The second-order valence-corrected chi connectivity index (χ2v) is 5.96. The van der Waals surface area contributed by atoms with Crippen LogP contribution in [0, 0.1) is 0 Å². The van der Waals surface area contributed by atoms with E-state index >= 15 is 0 Å². The first-order chi connectivity index (χ1) is 6.72. The van der Waals surface area contributed by atoms with Gasteiger partial charge in [-0.3, -0.25) is 0 Å². The molecule has 0 aliphatic heterocycles. The Balaban J connectivity index is 3.13. The van der Waals surface area contributed by atoms with Crippen molar-refractivity contribution in [1.82, 2.24) is 14.7 Å². The second kappa shape index (κ2) is 4.03. The topological polar surface area (TPSA) is 72.0 Å². The number of hydrogen-bond donors (Lipinski definition) is 1. The average Bonchev–Trinajstić information content (AvgIpc) is 1.99. The van der Waals surface area contributed by atoms with Gasteiger partial charge >= 0.3 is 0 Å². The monoisotopic (exact) mass is 249 g/mol. The van der Waals surface area contributed by atoms with Crippen molar-refractivity contribution in [2.24, 2.45) is 0 Å². The highest BCUT2D eigenvalue weighted by Gasteiger charge is 2.25. The van der Waals surface area contributed by atoms with E-state index in [0.717, 1.165) is 0 Å². The number of halogens is 1. The predicted octanol–water partition coefficient (Wildman–Crippen LogP) is 1.21. The third kappa shape index (κ3) is 3.40. The predicted molar refractivity (Wildman–Crippen MR) is 57.1 cm³/mol. The molecule has 0 fully saturated rings. The minimum atomic E-state index is -3.70. The molecule has 7 heteroatoms. The molecule has 1 N–H and O–H groups in total. The first-order valence-electron chi connectivity index (χ1n) is 4.23. The Morgan fingerprint density at radius 3 is 2.27 bits per heavy atom. The molecule has 0 bridgehead atoms. The van der Waals surface area contributed by atoms with Crippen molar-refractivity contribution in [3.8, 4) is 0 Å². The van der Waals surface area contributed by atoms with Crippen LogP contribution in [0.25, 0.3) is 0 Å². The van der Waals surface area contributed by atoms with Gasteiger partial charge in [-0.15, -0.1) is 0 Å². The summed E-state index contributed by atoms with van der Waals surface area (Å²) in [4.78, 5) is 7.35. The van der Waals surface area contributed by atoms with Gasteiger partial charge in [-0.25, -0.2) is 23.1 Å². The van der Waals surface area contributed by atoms with E-state index in [2.05, 4.69) is 14.7 Å². The van der Waals surface area contributed by atoms with E-state index in [9.17, 15) is 8.42 Å². The molecule has 5 nitrogen and oxygen atoms in total. The van der Waals surface area contributed by atoms with Crippen molar-refractivity contribution in [2.45, 2.75) is 31.3 Å². The maximum Gasteiger partial charge on any atom is 0.261 e. The zero-order chi connectivity index (χ0) is 11.7. The van der Waals surface area contributed by atoms with Gasteiger partial charge in [-0.2, -0.15) is 0 Å². The maximum atomic E-state index is 11.8. The summed E-state index contributed by atoms with van der Waals surface area (Å²) in [6, 6.07) is 0. The smallest absolute Gasteiger partial charge is 0.240 e. The third-order valence-electron chi connectivity index (χ3n) is 1.32. The average molecular weight is 250 g/mol. The van der Waals surface area contributed by atoms with E-state index in [0.29, 0.717) is 0 Å². The lowest BCUT2D eigenvalue weighted by Gasteiger charge is -2.19. The summed E-state index contributed by atoms with van der Waals surface area (Å²) < 4.78 is 26.0. The fourth-order valence-electron chi connectivity index (χ4n) is 0.940. The first kappa shape index (κ1) is 12.4. The molecular formula is C8H12ClN3O2S. The standard InChI is InChI=1S/C8H12ClN3O2S/c1-8(2,3)12-15(13,14)7-6(9)10-4-5-11-7/h4-5,12H,1-3H3. The quantitative estimate of drug-likeness (QED) is 0.855. The van der Waals surface area contributed by atoms with Crippen molar-refractivity contribution in [1.29, 1.82) is 0 Å². The van der Waals surface area contributed by atoms with Crippen LogP contribution < -0.4 is 4.72 Å². The summed E-state index contributed by atoms with van der Waals surface area (Å²) in [5.41, 5.74) is -0.584. The molecule has 0 spiro atoms. The van der Waals surface area contributed by atoms with Crippen LogP contribution in [-0.2, 0) is 10.0 Å². The highest BCUT2D eigenvalue weighted by atomic mass is 35.5. The van der Waals surface area contributed by atoms with Crippen LogP contribution in [-0.4, -0.2) is 23.9 Å². The molecule has 0 aromatic carbocycles. The molecule has 0 amide bonds. The largest absolute Gasteiger partial charge is 0.261 e. The van der Waals surface area contributed by atoms with E-state index in [1.54, 1.807) is 20.8 Å². The minimum absolute atomic E-state index is 0.130. The van der Waals surface area contributed by atoms with Crippen molar-refractivity contribution in [2.75, 3.05) is 0 Å². The molecule has 0 aliphatic carbocycles. The van der Waals surface area contributed by atoms with E-state index in [1.807, 2.05) is 0 Å². The van der Waals surface area contributed by atoms with Gasteiger partial charge in [0.2, 0.25) is 5.03 Å². The summed E-state index contributed by atoms with van der Waals surface area (Å²) in [6.45, 7) is 5.19. The Morgan fingerprint density at radius 2 is 1.80 bits per heavy atom. The Morgan fingerprint density at radius 1 is 1.27 bits per heavy atom. The Kier molecular flexibility index (Phi) is 3.32.